The van der Waals surface area contributed by atoms with Crippen molar-refractivity contribution in [2.45, 2.75) is 40.3 Å². The lowest BCUT2D eigenvalue weighted by Gasteiger charge is -2.16. The third-order valence-corrected chi connectivity index (χ3v) is 2.04. The Bertz CT molecular complexity index is 434. The van der Waals surface area contributed by atoms with Crippen LogP contribution in [0, 0.1) is 5.41 Å². The molecule has 2 N–H and O–H groups in total. The molecule has 0 spiro atoms. The second kappa shape index (κ2) is 5.61. The van der Waals surface area contributed by atoms with Crippen LogP contribution in [0.2, 0.25) is 0 Å². The predicted molar refractivity (Wildman–Crippen MR) is 63.6 cm³/mol. The van der Waals surface area contributed by atoms with Crippen LogP contribution < -0.4 is 5.32 Å². The molecule has 0 radical (unpaired) electrons. The van der Waals surface area contributed by atoms with E-state index in [0.717, 1.165) is 0 Å². The zero-order chi connectivity index (χ0) is 13.8. The average molecular weight is 254 g/mol. The minimum Gasteiger partial charge on any atom is -0.480 e. The number of carboxylic acid groups (broad SMARTS) is 1. The van der Waals surface area contributed by atoms with E-state index in [2.05, 4.69) is 15.6 Å². The van der Waals surface area contributed by atoms with Crippen molar-refractivity contribution in [1.82, 2.24) is 20.3 Å². The van der Waals surface area contributed by atoms with Gasteiger partial charge < -0.3 is 10.4 Å². The number of nitrogens with zero attached hydrogens (tertiary/aromatic N) is 3. The molecule has 1 amide bonds. The lowest BCUT2D eigenvalue weighted by molar-refractivity contribution is -0.138. The highest BCUT2D eigenvalue weighted by Crippen LogP contribution is 2.17. The van der Waals surface area contributed by atoms with Crippen molar-refractivity contribution in [3.8, 4) is 0 Å². The van der Waals surface area contributed by atoms with Gasteiger partial charge in [-0.2, -0.15) is 0 Å². The van der Waals surface area contributed by atoms with Crippen molar-refractivity contribution in [1.29, 1.82) is 0 Å². The third kappa shape index (κ3) is 5.42. The lowest BCUT2D eigenvalue weighted by atomic mass is 9.92. The first-order chi connectivity index (χ1) is 8.26. The van der Waals surface area contributed by atoms with Crippen LogP contribution in [0.4, 0.5) is 0 Å². The Balaban J connectivity index is 2.42. The summed E-state index contributed by atoms with van der Waals surface area (Å²) in [5.41, 5.74) is 0.476. The third-order valence-electron chi connectivity index (χ3n) is 2.04. The fourth-order valence-corrected chi connectivity index (χ4v) is 1.37. The van der Waals surface area contributed by atoms with Gasteiger partial charge in [-0.3, -0.25) is 9.59 Å². The van der Waals surface area contributed by atoms with Crippen molar-refractivity contribution < 1.29 is 14.7 Å². The van der Waals surface area contributed by atoms with Gasteiger partial charge in [-0.05, 0) is 5.41 Å². The summed E-state index contributed by atoms with van der Waals surface area (Å²) in [4.78, 5) is 22.0. The predicted octanol–water partition coefficient (Wildman–Crippen LogP) is 0.415. The summed E-state index contributed by atoms with van der Waals surface area (Å²) in [5.74, 6) is -1.04. The molecule has 0 unspecified atom stereocenters. The molecule has 100 valence electrons. The Kier molecular flexibility index (Phi) is 4.41. The largest absolute Gasteiger partial charge is 0.480 e. The molecule has 7 nitrogen and oxygen atoms in total. The van der Waals surface area contributed by atoms with Crippen LogP contribution in [0.1, 0.15) is 32.9 Å². The first kappa shape index (κ1) is 14.1. The summed E-state index contributed by atoms with van der Waals surface area (Å²) in [7, 11) is 0. The second-order valence-electron chi connectivity index (χ2n) is 5.32. The van der Waals surface area contributed by atoms with E-state index in [9.17, 15) is 9.59 Å². The van der Waals surface area contributed by atoms with E-state index >= 15 is 0 Å². The normalized spacial score (nSPS) is 11.3. The Morgan fingerprint density at radius 1 is 1.44 bits per heavy atom. The molecular weight excluding hydrogens is 236 g/mol. The maximum Gasteiger partial charge on any atom is 0.325 e. The molecule has 0 aliphatic carbocycles. The Morgan fingerprint density at radius 3 is 2.67 bits per heavy atom. The fourth-order valence-electron chi connectivity index (χ4n) is 1.37. The number of hydrogen-bond donors (Lipinski definition) is 2. The van der Waals surface area contributed by atoms with Gasteiger partial charge in [0.05, 0.1) is 12.7 Å². The van der Waals surface area contributed by atoms with E-state index in [1.807, 2.05) is 20.8 Å². The number of carbonyl (C=O) groups excluding carboxylic acids is 1. The monoisotopic (exact) mass is 254 g/mol. The minimum absolute atomic E-state index is 0.0599. The second-order valence-corrected chi connectivity index (χ2v) is 5.32. The standard InChI is InChI=1S/C11H18N4O3/c1-11(2,3)4-9(16)12-5-8-6-15(14-13-8)7-10(17)18/h6H,4-5,7H2,1-3H3,(H,12,16)(H,17,18). The Hall–Kier alpha value is -1.92. The van der Waals surface area contributed by atoms with Gasteiger partial charge in [0.1, 0.15) is 12.2 Å². The zero-order valence-corrected chi connectivity index (χ0v) is 10.8. The van der Waals surface area contributed by atoms with Gasteiger partial charge in [0.2, 0.25) is 5.91 Å². The van der Waals surface area contributed by atoms with Crippen LogP contribution in [0.15, 0.2) is 6.20 Å². The van der Waals surface area contributed by atoms with Crippen molar-refractivity contribution in [2.75, 3.05) is 0 Å². The van der Waals surface area contributed by atoms with E-state index in [-0.39, 0.29) is 24.4 Å². The molecule has 0 aliphatic rings. The number of aromatic nitrogens is 3. The lowest BCUT2D eigenvalue weighted by Crippen LogP contribution is -2.27. The van der Waals surface area contributed by atoms with Crippen LogP contribution in [-0.4, -0.2) is 32.0 Å². The number of carboxylic acids is 1. The number of nitrogens with one attached hydrogen (secondary N) is 1. The van der Waals surface area contributed by atoms with E-state index in [1.54, 1.807) is 0 Å². The summed E-state index contributed by atoms with van der Waals surface area (Å²) in [6.07, 6.45) is 1.93. The number of amides is 1. The van der Waals surface area contributed by atoms with Crippen molar-refractivity contribution in [3.63, 3.8) is 0 Å². The van der Waals surface area contributed by atoms with Crippen LogP contribution in [-0.2, 0) is 22.7 Å². The number of rotatable bonds is 5. The summed E-state index contributed by atoms with van der Waals surface area (Å²) in [6, 6.07) is 0. The first-order valence-electron chi connectivity index (χ1n) is 5.64. The fraction of sp³-hybridized carbons (Fsp3) is 0.636. The molecule has 0 aliphatic heterocycles. The van der Waals surface area contributed by atoms with Crippen LogP contribution >= 0.6 is 0 Å². The molecule has 1 heterocycles. The number of hydrogen-bond acceptors (Lipinski definition) is 4. The number of aliphatic carboxylic acids is 1. The van der Waals surface area contributed by atoms with E-state index in [0.29, 0.717) is 12.1 Å². The van der Waals surface area contributed by atoms with Crippen LogP contribution in [0.5, 0.6) is 0 Å². The molecule has 0 bridgehead atoms. The van der Waals surface area contributed by atoms with Gasteiger partial charge in [-0.1, -0.05) is 26.0 Å². The summed E-state index contributed by atoms with van der Waals surface area (Å²) in [5, 5.41) is 18.7. The van der Waals surface area contributed by atoms with Gasteiger partial charge in [-0.25, -0.2) is 4.68 Å². The molecule has 0 fully saturated rings. The van der Waals surface area contributed by atoms with Crippen LogP contribution in [0.3, 0.4) is 0 Å². The molecule has 0 saturated heterocycles. The maximum atomic E-state index is 11.6. The van der Waals surface area contributed by atoms with Crippen molar-refractivity contribution in [2.24, 2.45) is 5.41 Å². The Labute approximate surface area is 105 Å². The molecule has 0 aromatic carbocycles. The molecule has 1 aromatic heterocycles. The molecule has 1 rings (SSSR count). The molecule has 0 saturated carbocycles. The molecule has 18 heavy (non-hydrogen) atoms. The van der Waals surface area contributed by atoms with Gasteiger partial charge >= 0.3 is 5.97 Å². The number of carbonyl (C=O) groups is 2. The van der Waals surface area contributed by atoms with E-state index in [4.69, 9.17) is 5.11 Å². The Morgan fingerprint density at radius 2 is 2.11 bits per heavy atom. The zero-order valence-electron chi connectivity index (χ0n) is 10.8. The van der Waals surface area contributed by atoms with Gasteiger partial charge in [0.15, 0.2) is 0 Å². The van der Waals surface area contributed by atoms with Gasteiger partial charge in [-0.15, -0.1) is 5.10 Å². The van der Waals surface area contributed by atoms with Gasteiger partial charge in [0.25, 0.3) is 0 Å². The highest BCUT2D eigenvalue weighted by atomic mass is 16.4. The highest BCUT2D eigenvalue weighted by Gasteiger charge is 2.15. The van der Waals surface area contributed by atoms with Crippen molar-refractivity contribution >= 4 is 11.9 Å². The quantitative estimate of drug-likeness (QED) is 0.793. The molecule has 7 heteroatoms. The summed E-state index contributed by atoms with van der Waals surface area (Å²) < 4.78 is 1.22. The van der Waals surface area contributed by atoms with E-state index in [1.165, 1.54) is 10.9 Å². The van der Waals surface area contributed by atoms with E-state index < -0.39 is 5.97 Å². The summed E-state index contributed by atoms with van der Waals surface area (Å²) >= 11 is 0. The van der Waals surface area contributed by atoms with Gasteiger partial charge in [0, 0.05) is 6.42 Å². The topological polar surface area (TPSA) is 97.1 Å². The smallest absolute Gasteiger partial charge is 0.325 e. The molecule has 0 atom stereocenters. The molecular formula is C11H18N4O3. The summed E-state index contributed by atoms with van der Waals surface area (Å²) in [6.45, 7) is 5.97. The maximum absolute atomic E-state index is 11.6. The minimum atomic E-state index is -0.983. The highest BCUT2D eigenvalue weighted by molar-refractivity contribution is 5.76. The van der Waals surface area contributed by atoms with Crippen molar-refractivity contribution in [3.05, 3.63) is 11.9 Å². The van der Waals surface area contributed by atoms with Crippen LogP contribution in [0.25, 0.3) is 0 Å². The molecule has 1 aromatic rings. The average Bonchev–Trinajstić information content (AvgIpc) is 2.59. The first-order valence-corrected chi connectivity index (χ1v) is 5.64. The SMILES string of the molecule is CC(C)(C)CC(=O)NCc1cn(CC(=O)O)nn1.